The number of para-hydroxylation sites is 1. The number of carbonyl (C=O) groups is 4. The molecule has 7 heteroatoms. The first-order valence-corrected chi connectivity index (χ1v) is 14.0. The van der Waals surface area contributed by atoms with Gasteiger partial charge in [-0.15, -0.1) is 6.58 Å². The highest BCUT2D eigenvalue weighted by Gasteiger charge is 2.56. The summed E-state index contributed by atoms with van der Waals surface area (Å²) >= 11 is 0. The molecule has 1 fully saturated rings. The van der Waals surface area contributed by atoms with E-state index in [9.17, 15) is 29.4 Å². The predicted octanol–water partition coefficient (Wildman–Crippen LogP) is 4.50. The second kappa shape index (κ2) is 10.1. The summed E-state index contributed by atoms with van der Waals surface area (Å²) in [5, 5.41) is 20.9. The van der Waals surface area contributed by atoms with Crippen molar-refractivity contribution in [3.05, 3.63) is 106 Å². The summed E-state index contributed by atoms with van der Waals surface area (Å²) in [6, 6.07) is 12.1. The molecule has 0 aromatic heterocycles. The first-order chi connectivity index (χ1) is 19.7. The van der Waals surface area contributed by atoms with E-state index in [4.69, 9.17) is 0 Å². The maximum Gasteiger partial charge on any atom is 0.233 e. The van der Waals surface area contributed by atoms with Crippen LogP contribution in [0.1, 0.15) is 42.4 Å². The van der Waals surface area contributed by atoms with Crippen molar-refractivity contribution >= 4 is 23.4 Å². The summed E-state index contributed by atoms with van der Waals surface area (Å²) < 4.78 is 0. The van der Waals surface area contributed by atoms with Crippen LogP contribution in [-0.4, -0.2) is 45.0 Å². The Labute approximate surface area is 238 Å². The van der Waals surface area contributed by atoms with Gasteiger partial charge in [-0.2, -0.15) is 0 Å². The molecule has 0 spiro atoms. The lowest BCUT2D eigenvalue weighted by atomic mass is 9.59. The lowest BCUT2D eigenvalue weighted by Gasteiger charge is -2.42. The molecular formula is C34H31NO6. The molecular weight excluding hydrogens is 518 g/mol. The van der Waals surface area contributed by atoms with Crippen LogP contribution in [-0.2, 0) is 32.0 Å². The van der Waals surface area contributed by atoms with E-state index in [0.29, 0.717) is 47.1 Å². The van der Waals surface area contributed by atoms with Gasteiger partial charge in [0.25, 0.3) is 0 Å². The number of benzene rings is 2. The molecule has 4 atom stereocenters. The number of imide groups is 1. The van der Waals surface area contributed by atoms with Gasteiger partial charge in [0.2, 0.25) is 11.8 Å². The van der Waals surface area contributed by atoms with Gasteiger partial charge < -0.3 is 10.2 Å². The summed E-state index contributed by atoms with van der Waals surface area (Å²) in [5.41, 5.74) is 3.96. The van der Waals surface area contributed by atoms with Crippen LogP contribution in [0.15, 0.2) is 89.6 Å². The topological polar surface area (TPSA) is 112 Å². The van der Waals surface area contributed by atoms with Crippen LogP contribution in [0.5, 0.6) is 11.5 Å². The number of aromatic hydroxyl groups is 2. The Kier molecular flexibility index (Phi) is 6.60. The number of carbonyl (C=O) groups excluding carboxylic acids is 4. The number of phenolic OH excluding ortho intramolecular Hbond substituents is 2. The lowest BCUT2D eigenvalue weighted by Crippen LogP contribution is -2.40. The zero-order chi connectivity index (χ0) is 29.0. The Hall–Kier alpha value is -4.52. The van der Waals surface area contributed by atoms with E-state index in [-0.39, 0.29) is 47.8 Å². The number of hydrogen-bond acceptors (Lipinski definition) is 6. The maximum atomic E-state index is 13.9. The number of nitrogens with zero attached hydrogens (tertiary/aromatic N) is 1. The fourth-order valence-electron chi connectivity index (χ4n) is 7.07. The number of phenols is 2. The van der Waals surface area contributed by atoms with Gasteiger partial charge in [-0.3, -0.25) is 24.1 Å². The van der Waals surface area contributed by atoms with Gasteiger partial charge in [-0.1, -0.05) is 48.1 Å². The first kappa shape index (κ1) is 26.7. The van der Waals surface area contributed by atoms with Crippen molar-refractivity contribution < 1.29 is 29.4 Å². The third kappa shape index (κ3) is 4.27. The van der Waals surface area contributed by atoms with Gasteiger partial charge in [0.15, 0.2) is 11.6 Å². The molecule has 0 saturated carbocycles. The first-order valence-electron chi connectivity index (χ1n) is 14.0. The molecule has 7 nitrogen and oxygen atoms in total. The van der Waals surface area contributed by atoms with Crippen molar-refractivity contribution in [2.45, 2.75) is 38.5 Å². The van der Waals surface area contributed by atoms with E-state index >= 15 is 0 Å². The Morgan fingerprint density at radius 3 is 2.49 bits per heavy atom. The molecule has 41 heavy (non-hydrogen) atoms. The standard InChI is InChI=1S/C34H31NO6/c1-3-5-20-6-4-7-23(32(20)39)28-22-12-13-24-29(25(22)17-26-27(37)16-18(2)31(38)30(26)28)34(41)35(33(24)40)15-14-19-8-10-21(36)11-9-19/h3-4,6-12,16,24-25,28-29,36,39H,1,5,13-15,17H2,2H3/t24-,25+,28+,29-/m0/s1. The van der Waals surface area contributed by atoms with Crippen LogP contribution >= 0.6 is 0 Å². The van der Waals surface area contributed by atoms with Crippen LogP contribution in [0.4, 0.5) is 0 Å². The lowest BCUT2D eigenvalue weighted by molar-refractivity contribution is -0.140. The molecule has 2 aromatic rings. The molecule has 1 saturated heterocycles. The predicted molar refractivity (Wildman–Crippen MR) is 152 cm³/mol. The minimum absolute atomic E-state index is 0.0460. The van der Waals surface area contributed by atoms with Gasteiger partial charge in [0.05, 0.1) is 11.8 Å². The summed E-state index contributed by atoms with van der Waals surface area (Å²) in [6.07, 6.45) is 6.44. The van der Waals surface area contributed by atoms with Crippen molar-refractivity contribution in [3.8, 4) is 11.5 Å². The summed E-state index contributed by atoms with van der Waals surface area (Å²) in [6.45, 7) is 5.62. The van der Waals surface area contributed by atoms with E-state index in [1.54, 1.807) is 49.4 Å². The number of likely N-dealkylation sites (tertiary alicyclic amines) is 1. The van der Waals surface area contributed by atoms with Gasteiger partial charge in [0, 0.05) is 34.7 Å². The molecule has 0 bridgehead atoms. The Balaban J connectivity index is 1.40. The average molecular weight is 550 g/mol. The fourth-order valence-corrected chi connectivity index (χ4v) is 7.07. The maximum absolute atomic E-state index is 13.9. The molecule has 1 aliphatic heterocycles. The minimum atomic E-state index is -0.691. The molecule has 2 aromatic carbocycles. The number of Topliss-reactive ketones (excluding diaryl/α,β-unsaturated/α-hetero) is 1. The number of fused-ring (bicyclic) bond motifs is 3. The number of ketones is 2. The molecule has 1 heterocycles. The average Bonchev–Trinajstić information content (AvgIpc) is 3.20. The van der Waals surface area contributed by atoms with Crippen LogP contribution < -0.4 is 0 Å². The smallest absolute Gasteiger partial charge is 0.233 e. The van der Waals surface area contributed by atoms with Crippen molar-refractivity contribution in [1.29, 1.82) is 0 Å². The largest absolute Gasteiger partial charge is 0.508 e. The van der Waals surface area contributed by atoms with Crippen LogP contribution in [0, 0.1) is 17.8 Å². The second-order valence-corrected chi connectivity index (χ2v) is 11.3. The van der Waals surface area contributed by atoms with Crippen LogP contribution in [0.25, 0.3) is 0 Å². The van der Waals surface area contributed by atoms with Crippen LogP contribution in [0.2, 0.25) is 0 Å². The third-order valence-corrected chi connectivity index (χ3v) is 9.04. The molecule has 0 unspecified atom stereocenters. The van der Waals surface area contributed by atoms with Gasteiger partial charge in [-0.25, -0.2) is 0 Å². The van der Waals surface area contributed by atoms with Crippen LogP contribution in [0.3, 0.4) is 0 Å². The minimum Gasteiger partial charge on any atom is -0.508 e. The van der Waals surface area contributed by atoms with Crippen molar-refractivity contribution in [3.63, 3.8) is 0 Å². The van der Waals surface area contributed by atoms with E-state index in [0.717, 1.165) is 11.1 Å². The van der Waals surface area contributed by atoms with E-state index in [1.807, 2.05) is 12.1 Å². The summed E-state index contributed by atoms with van der Waals surface area (Å²) in [7, 11) is 0. The summed E-state index contributed by atoms with van der Waals surface area (Å²) in [4.78, 5) is 55.6. The summed E-state index contributed by atoms with van der Waals surface area (Å²) in [5.74, 6) is -3.10. The van der Waals surface area contributed by atoms with E-state index < -0.39 is 23.7 Å². The highest BCUT2D eigenvalue weighted by atomic mass is 16.3. The van der Waals surface area contributed by atoms with Gasteiger partial charge in [-0.05, 0) is 67.9 Å². The normalized spacial score (nSPS) is 25.4. The SMILES string of the molecule is C=CCc1cccc([C@H]2C3=CC[C@@H]4C(=O)N(CCc5ccc(O)cc5)C(=O)[C@@H]4[C@@H]3CC3=C2C(=O)C(C)=CC3=O)c1O. The van der Waals surface area contributed by atoms with Crippen molar-refractivity contribution in [2.75, 3.05) is 6.54 Å². The Morgan fingerprint density at radius 1 is 1.00 bits per heavy atom. The number of hydrogen-bond donors (Lipinski definition) is 2. The monoisotopic (exact) mass is 549 g/mol. The number of rotatable bonds is 6. The quantitative estimate of drug-likeness (QED) is 0.312. The zero-order valence-corrected chi connectivity index (χ0v) is 22.8. The fraction of sp³-hybridized carbons (Fsp3) is 0.294. The Bertz CT molecular complexity index is 1610. The van der Waals surface area contributed by atoms with Crippen molar-refractivity contribution in [1.82, 2.24) is 4.90 Å². The molecule has 6 rings (SSSR count). The number of allylic oxidation sites excluding steroid dienone is 7. The molecule has 4 aliphatic rings. The second-order valence-electron chi connectivity index (χ2n) is 11.3. The highest BCUT2D eigenvalue weighted by Crippen LogP contribution is 2.56. The van der Waals surface area contributed by atoms with E-state index in [1.165, 1.54) is 11.0 Å². The molecule has 3 aliphatic carbocycles. The van der Waals surface area contributed by atoms with Gasteiger partial charge >= 0.3 is 0 Å². The molecule has 2 amide bonds. The Morgan fingerprint density at radius 2 is 1.76 bits per heavy atom. The zero-order valence-electron chi connectivity index (χ0n) is 22.8. The van der Waals surface area contributed by atoms with Crippen molar-refractivity contribution in [2.24, 2.45) is 17.8 Å². The highest BCUT2D eigenvalue weighted by molar-refractivity contribution is 6.24. The molecule has 2 N–H and O–H groups in total. The van der Waals surface area contributed by atoms with E-state index in [2.05, 4.69) is 6.58 Å². The number of amides is 2. The third-order valence-electron chi connectivity index (χ3n) is 9.04. The molecule has 0 radical (unpaired) electrons. The molecule has 208 valence electrons. The van der Waals surface area contributed by atoms with Gasteiger partial charge in [0.1, 0.15) is 11.5 Å².